The highest BCUT2D eigenvalue weighted by atomic mass is 16.6. The zero-order valence-corrected chi connectivity index (χ0v) is 15.9. The first kappa shape index (κ1) is 20.6. The third-order valence-corrected chi connectivity index (χ3v) is 4.27. The molecule has 10 nitrogen and oxygen atoms in total. The minimum absolute atomic E-state index is 0.118. The standard InChI is InChI=1S/2C10H10N2O3/c2*11-9(13)6-12-5-7-3-1-2-4-8(7)15-10(12)14/h2*1-4H,5-6H2,(H2,11,13). The second kappa shape index (κ2) is 8.95. The highest BCUT2D eigenvalue weighted by Gasteiger charge is 2.26. The van der Waals surface area contributed by atoms with Gasteiger partial charge >= 0.3 is 12.2 Å². The summed E-state index contributed by atoms with van der Waals surface area (Å²) < 4.78 is 10.0. The van der Waals surface area contributed by atoms with Crippen LogP contribution in [0.15, 0.2) is 48.5 Å². The quantitative estimate of drug-likeness (QED) is 0.765. The summed E-state index contributed by atoms with van der Waals surface area (Å²) in [5, 5.41) is 0. The fourth-order valence-electron chi connectivity index (χ4n) is 2.94. The van der Waals surface area contributed by atoms with Gasteiger partial charge in [0.15, 0.2) is 0 Å². The number of amides is 4. The lowest BCUT2D eigenvalue weighted by Gasteiger charge is -2.26. The van der Waals surface area contributed by atoms with E-state index in [1.54, 1.807) is 24.3 Å². The number of para-hydroxylation sites is 2. The van der Waals surface area contributed by atoms with Crippen LogP contribution in [-0.2, 0) is 22.7 Å². The van der Waals surface area contributed by atoms with E-state index in [9.17, 15) is 19.2 Å². The molecule has 4 amide bonds. The Kier molecular flexibility index (Phi) is 6.16. The molecule has 0 atom stereocenters. The zero-order valence-electron chi connectivity index (χ0n) is 15.9. The summed E-state index contributed by atoms with van der Waals surface area (Å²) in [5.41, 5.74) is 11.8. The van der Waals surface area contributed by atoms with Crippen LogP contribution in [-0.4, -0.2) is 46.9 Å². The lowest BCUT2D eigenvalue weighted by molar-refractivity contribution is -0.119. The summed E-state index contributed by atoms with van der Waals surface area (Å²) in [6, 6.07) is 14.4. The van der Waals surface area contributed by atoms with Crippen molar-refractivity contribution in [2.45, 2.75) is 13.1 Å². The molecule has 2 heterocycles. The number of carbonyl (C=O) groups is 4. The van der Waals surface area contributed by atoms with E-state index < -0.39 is 24.0 Å². The fraction of sp³-hybridized carbons (Fsp3) is 0.200. The number of benzene rings is 2. The largest absolute Gasteiger partial charge is 0.416 e. The number of nitrogens with zero attached hydrogens (tertiary/aromatic N) is 2. The van der Waals surface area contributed by atoms with Gasteiger partial charge in [-0.3, -0.25) is 19.4 Å². The van der Waals surface area contributed by atoms with Gasteiger partial charge in [-0.05, 0) is 12.1 Å². The van der Waals surface area contributed by atoms with Crippen LogP contribution in [0.4, 0.5) is 9.59 Å². The molecule has 2 aromatic carbocycles. The van der Waals surface area contributed by atoms with Crippen LogP contribution >= 0.6 is 0 Å². The maximum Gasteiger partial charge on any atom is 0.416 e. The van der Waals surface area contributed by atoms with Crippen LogP contribution < -0.4 is 20.9 Å². The number of carbonyl (C=O) groups excluding carboxylic acids is 4. The van der Waals surface area contributed by atoms with Crippen molar-refractivity contribution >= 4 is 24.0 Å². The van der Waals surface area contributed by atoms with E-state index in [2.05, 4.69) is 0 Å². The number of hydrogen-bond donors (Lipinski definition) is 2. The molecule has 0 aliphatic carbocycles. The van der Waals surface area contributed by atoms with Gasteiger partial charge in [-0.1, -0.05) is 36.4 Å². The zero-order chi connectivity index (χ0) is 21.7. The summed E-state index contributed by atoms with van der Waals surface area (Å²) in [6.07, 6.45) is -1.07. The second-order valence-electron chi connectivity index (χ2n) is 6.60. The van der Waals surface area contributed by atoms with Gasteiger partial charge in [0.05, 0.1) is 13.1 Å². The number of hydrogen-bond acceptors (Lipinski definition) is 6. The van der Waals surface area contributed by atoms with Gasteiger partial charge in [0.1, 0.15) is 24.6 Å². The van der Waals surface area contributed by atoms with Crippen LogP contribution in [0.5, 0.6) is 11.5 Å². The van der Waals surface area contributed by atoms with E-state index in [1.807, 2.05) is 24.3 Å². The van der Waals surface area contributed by atoms with Gasteiger partial charge in [0.2, 0.25) is 11.8 Å². The topological polar surface area (TPSA) is 145 Å². The summed E-state index contributed by atoms with van der Waals surface area (Å²) in [5.74, 6) is -0.0101. The lowest BCUT2D eigenvalue weighted by atomic mass is 10.1. The molecule has 156 valence electrons. The van der Waals surface area contributed by atoms with E-state index in [0.717, 1.165) is 11.1 Å². The maximum absolute atomic E-state index is 11.4. The van der Waals surface area contributed by atoms with Crippen LogP contribution in [0.3, 0.4) is 0 Å². The molecule has 0 fully saturated rings. The van der Waals surface area contributed by atoms with Crippen molar-refractivity contribution in [2.24, 2.45) is 11.5 Å². The molecular formula is C20H20N4O6. The number of fused-ring (bicyclic) bond motifs is 2. The predicted molar refractivity (Wildman–Crippen MR) is 104 cm³/mol. The third kappa shape index (κ3) is 5.04. The Hall–Kier alpha value is -4.08. The summed E-state index contributed by atoms with van der Waals surface area (Å²) >= 11 is 0. The monoisotopic (exact) mass is 412 g/mol. The van der Waals surface area contributed by atoms with Gasteiger partial charge in [-0.2, -0.15) is 0 Å². The average molecular weight is 412 g/mol. The molecule has 10 heteroatoms. The summed E-state index contributed by atoms with van der Waals surface area (Å²) in [4.78, 5) is 46.7. The van der Waals surface area contributed by atoms with Gasteiger partial charge in [-0.25, -0.2) is 9.59 Å². The normalized spacial score (nSPS) is 14.4. The Morgan fingerprint density at radius 1 is 0.733 bits per heavy atom. The Balaban J connectivity index is 0.000000171. The van der Waals surface area contributed by atoms with Crippen molar-refractivity contribution in [3.8, 4) is 11.5 Å². The van der Waals surface area contributed by atoms with Gasteiger partial charge in [0.25, 0.3) is 0 Å². The molecule has 4 rings (SSSR count). The molecule has 0 aromatic heterocycles. The minimum atomic E-state index is -0.550. The maximum atomic E-state index is 11.4. The van der Waals surface area contributed by atoms with Crippen LogP contribution in [0.1, 0.15) is 11.1 Å². The van der Waals surface area contributed by atoms with Crippen LogP contribution in [0.2, 0.25) is 0 Å². The van der Waals surface area contributed by atoms with Crippen molar-refractivity contribution < 1.29 is 28.7 Å². The summed E-state index contributed by atoms with van der Waals surface area (Å²) in [6.45, 7) is 0.482. The minimum Gasteiger partial charge on any atom is -0.410 e. The molecule has 0 unspecified atom stereocenters. The number of primary amides is 2. The van der Waals surface area contributed by atoms with Crippen LogP contribution in [0.25, 0.3) is 0 Å². The van der Waals surface area contributed by atoms with Crippen LogP contribution in [0, 0.1) is 0 Å². The van der Waals surface area contributed by atoms with E-state index in [1.165, 1.54) is 9.80 Å². The molecule has 0 bridgehead atoms. The molecule has 2 aliphatic heterocycles. The smallest absolute Gasteiger partial charge is 0.410 e. The van der Waals surface area contributed by atoms with Gasteiger partial charge in [0, 0.05) is 11.1 Å². The Labute approximate surface area is 171 Å². The lowest BCUT2D eigenvalue weighted by Crippen LogP contribution is -2.42. The Morgan fingerprint density at radius 3 is 1.47 bits per heavy atom. The van der Waals surface area contributed by atoms with Crippen molar-refractivity contribution in [3.63, 3.8) is 0 Å². The molecule has 4 N–H and O–H groups in total. The molecule has 0 saturated carbocycles. The van der Waals surface area contributed by atoms with Crippen molar-refractivity contribution in [1.29, 1.82) is 0 Å². The molecule has 0 saturated heterocycles. The van der Waals surface area contributed by atoms with Gasteiger partial charge < -0.3 is 20.9 Å². The summed E-state index contributed by atoms with van der Waals surface area (Å²) in [7, 11) is 0. The predicted octanol–water partition coefficient (Wildman–Crippen LogP) is 0.973. The Bertz CT molecular complexity index is 913. The highest BCUT2D eigenvalue weighted by molar-refractivity contribution is 5.83. The van der Waals surface area contributed by atoms with Gasteiger partial charge in [-0.15, -0.1) is 0 Å². The first-order chi connectivity index (χ1) is 14.3. The molecule has 0 spiro atoms. The van der Waals surface area contributed by atoms with E-state index >= 15 is 0 Å². The van der Waals surface area contributed by atoms with Crippen molar-refractivity contribution in [2.75, 3.05) is 13.1 Å². The number of rotatable bonds is 4. The highest BCUT2D eigenvalue weighted by Crippen LogP contribution is 2.25. The first-order valence-corrected chi connectivity index (χ1v) is 8.99. The molecular weight excluding hydrogens is 392 g/mol. The molecule has 2 aliphatic rings. The van der Waals surface area contributed by atoms with Crippen molar-refractivity contribution in [3.05, 3.63) is 59.7 Å². The number of ether oxygens (including phenoxy) is 2. The SMILES string of the molecule is NC(=O)CN1Cc2ccccc2OC1=O.NC(=O)CN1Cc2ccccc2OC1=O. The number of nitrogens with two attached hydrogens (primary N) is 2. The van der Waals surface area contributed by atoms with E-state index in [-0.39, 0.29) is 13.1 Å². The molecule has 0 radical (unpaired) electrons. The average Bonchev–Trinajstić information content (AvgIpc) is 2.69. The fourth-order valence-corrected chi connectivity index (χ4v) is 2.94. The molecule has 2 aromatic rings. The van der Waals surface area contributed by atoms with E-state index in [0.29, 0.717) is 24.6 Å². The first-order valence-electron chi connectivity index (χ1n) is 8.99. The third-order valence-electron chi connectivity index (χ3n) is 4.27. The Morgan fingerprint density at radius 2 is 1.10 bits per heavy atom. The van der Waals surface area contributed by atoms with Crippen molar-refractivity contribution in [1.82, 2.24) is 9.80 Å². The van der Waals surface area contributed by atoms with E-state index in [4.69, 9.17) is 20.9 Å². The second-order valence-corrected chi connectivity index (χ2v) is 6.60. The molecule has 30 heavy (non-hydrogen) atoms.